The summed E-state index contributed by atoms with van der Waals surface area (Å²) in [6.45, 7) is 1.09. The molecule has 1 nitrogen and oxygen atoms in total. The third-order valence-electron chi connectivity index (χ3n) is 2.71. The van der Waals surface area contributed by atoms with Gasteiger partial charge in [0, 0.05) is 17.6 Å². The number of anilines is 1. The number of hydrogen-bond donors (Lipinski definition) is 1. The van der Waals surface area contributed by atoms with Crippen molar-refractivity contribution in [1.29, 1.82) is 0 Å². The SMILES string of the molecule is I.c1ccc2c3c(ccc2c1)CCN3. The van der Waals surface area contributed by atoms with E-state index < -0.39 is 0 Å². The summed E-state index contributed by atoms with van der Waals surface area (Å²) in [4.78, 5) is 0. The number of rotatable bonds is 0. The molecule has 72 valence electrons. The van der Waals surface area contributed by atoms with Crippen molar-refractivity contribution in [2.75, 3.05) is 11.9 Å². The molecule has 0 spiro atoms. The first-order valence-electron chi connectivity index (χ1n) is 4.70. The van der Waals surface area contributed by atoms with Crippen molar-refractivity contribution in [2.45, 2.75) is 6.42 Å². The van der Waals surface area contributed by atoms with E-state index in [0.29, 0.717) is 0 Å². The first-order valence-corrected chi connectivity index (χ1v) is 4.70. The van der Waals surface area contributed by atoms with Crippen LogP contribution in [0.2, 0.25) is 0 Å². The fourth-order valence-corrected chi connectivity index (χ4v) is 2.06. The second kappa shape index (κ2) is 3.77. The predicted octanol–water partition coefficient (Wildman–Crippen LogP) is 3.43. The molecule has 0 unspecified atom stereocenters. The molecule has 1 N–H and O–H groups in total. The lowest BCUT2D eigenvalue weighted by Gasteiger charge is -2.04. The van der Waals surface area contributed by atoms with Crippen molar-refractivity contribution in [3.63, 3.8) is 0 Å². The van der Waals surface area contributed by atoms with E-state index >= 15 is 0 Å². The van der Waals surface area contributed by atoms with Gasteiger partial charge in [-0.1, -0.05) is 36.4 Å². The summed E-state index contributed by atoms with van der Waals surface area (Å²) in [6, 6.07) is 13.0. The van der Waals surface area contributed by atoms with Gasteiger partial charge in [-0.3, -0.25) is 0 Å². The normalized spacial score (nSPS) is 13.1. The Bertz CT molecular complexity index is 465. The quantitative estimate of drug-likeness (QED) is 0.735. The van der Waals surface area contributed by atoms with Crippen LogP contribution in [0.5, 0.6) is 0 Å². The van der Waals surface area contributed by atoms with Gasteiger partial charge in [0.15, 0.2) is 0 Å². The Hall–Kier alpha value is -0.770. The van der Waals surface area contributed by atoms with Crippen LogP contribution in [0, 0.1) is 0 Å². The van der Waals surface area contributed by atoms with Crippen LogP contribution >= 0.6 is 24.0 Å². The van der Waals surface area contributed by atoms with Crippen LogP contribution in [0.4, 0.5) is 5.69 Å². The van der Waals surface area contributed by atoms with Gasteiger partial charge in [-0.15, -0.1) is 24.0 Å². The second-order valence-corrected chi connectivity index (χ2v) is 3.50. The molecule has 1 heterocycles. The van der Waals surface area contributed by atoms with Gasteiger partial charge in [0.2, 0.25) is 0 Å². The first kappa shape index (κ1) is 9.77. The lowest BCUT2D eigenvalue weighted by molar-refractivity contribution is 1.11. The maximum absolute atomic E-state index is 3.44. The third kappa shape index (κ3) is 1.38. The molecule has 1 aliphatic heterocycles. The molecule has 1 aliphatic rings. The molecule has 3 rings (SSSR count). The molecule has 2 aromatic carbocycles. The molecule has 0 amide bonds. The molecule has 0 aromatic heterocycles. The number of halogens is 1. The van der Waals surface area contributed by atoms with E-state index in [0.717, 1.165) is 6.54 Å². The lowest BCUT2D eigenvalue weighted by Crippen LogP contribution is -1.91. The van der Waals surface area contributed by atoms with Crippen LogP contribution in [-0.4, -0.2) is 6.54 Å². The van der Waals surface area contributed by atoms with Crippen molar-refractivity contribution < 1.29 is 0 Å². The van der Waals surface area contributed by atoms with E-state index in [2.05, 4.69) is 41.7 Å². The van der Waals surface area contributed by atoms with E-state index in [4.69, 9.17) is 0 Å². The van der Waals surface area contributed by atoms with Gasteiger partial charge < -0.3 is 5.32 Å². The van der Waals surface area contributed by atoms with E-state index in [9.17, 15) is 0 Å². The summed E-state index contributed by atoms with van der Waals surface area (Å²) >= 11 is 0. The zero-order valence-corrected chi connectivity index (χ0v) is 10.1. The van der Waals surface area contributed by atoms with Crippen molar-refractivity contribution >= 4 is 40.4 Å². The Morgan fingerprint density at radius 3 is 2.79 bits per heavy atom. The van der Waals surface area contributed by atoms with Crippen LogP contribution in [0.15, 0.2) is 36.4 Å². The monoisotopic (exact) mass is 297 g/mol. The van der Waals surface area contributed by atoms with Crippen LogP contribution < -0.4 is 5.32 Å². The molecule has 0 saturated heterocycles. The summed E-state index contributed by atoms with van der Waals surface area (Å²) in [5, 5.41) is 6.13. The van der Waals surface area contributed by atoms with E-state index in [-0.39, 0.29) is 24.0 Å². The maximum Gasteiger partial charge on any atom is 0.0453 e. The minimum atomic E-state index is 0. The molecule has 0 radical (unpaired) electrons. The largest absolute Gasteiger partial charge is 0.384 e. The van der Waals surface area contributed by atoms with Gasteiger partial charge in [-0.2, -0.15) is 0 Å². The number of fused-ring (bicyclic) bond motifs is 3. The summed E-state index contributed by atoms with van der Waals surface area (Å²) < 4.78 is 0. The molecule has 0 atom stereocenters. The lowest BCUT2D eigenvalue weighted by atomic mass is 10.0. The maximum atomic E-state index is 3.44. The van der Waals surface area contributed by atoms with Gasteiger partial charge >= 0.3 is 0 Å². The molecule has 0 aliphatic carbocycles. The van der Waals surface area contributed by atoms with Crippen LogP contribution in [0.25, 0.3) is 10.8 Å². The Morgan fingerprint density at radius 1 is 1.00 bits per heavy atom. The number of nitrogens with one attached hydrogen (secondary N) is 1. The minimum Gasteiger partial charge on any atom is -0.384 e. The van der Waals surface area contributed by atoms with Crippen LogP contribution in [0.3, 0.4) is 0 Å². The van der Waals surface area contributed by atoms with E-state index in [1.165, 1.54) is 28.4 Å². The highest BCUT2D eigenvalue weighted by Crippen LogP contribution is 2.30. The molecular formula is C12H12IN. The van der Waals surface area contributed by atoms with Crippen molar-refractivity contribution in [1.82, 2.24) is 0 Å². The molecular weight excluding hydrogens is 285 g/mol. The molecule has 0 fully saturated rings. The summed E-state index contributed by atoms with van der Waals surface area (Å²) in [6.07, 6.45) is 1.17. The van der Waals surface area contributed by atoms with Gasteiger partial charge in [-0.05, 0) is 17.4 Å². The summed E-state index contributed by atoms with van der Waals surface area (Å²) in [7, 11) is 0. The van der Waals surface area contributed by atoms with Crippen molar-refractivity contribution in [3.05, 3.63) is 42.0 Å². The zero-order valence-electron chi connectivity index (χ0n) is 7.79. The number of benzene rings is 2. The predicted molar refractivity (Wildman–Crippen MR) is 71.6 cm³/mol. The standard InChI is InChI=1S/C12H11N.HI/c1-2-4-11-9(3-1)5-6-10-7-8-13-12(10)11;/h1-6,13H,7-8H2;1H. The Morgan fingerprint density at radius 2 is 1.86 bits per heavy atom. The molecule has 2 heteroatoms. The van der Waals surface area contributed by atoms with E-state index in [1.54, 1.807) is 0 Å². The van der Waals surface area contributed by atoms with Gasteiger partial charge in [0.25, 0.3) is 0 Å². The average molecular weight is 297 g/mol. The Kier molecular flexibility index (Phi) is 2.63. The highest BCUT2D eigenvalue weighted by molar-refractivity contribution is 14.0. The second-order valence-electron chi connectivity index (χ2n) is 3.50. The van der Waals surface area contributed by atoms with Crippen LogP contribution in [0.1, 0.15) is 5.56 Å². The smallest absolute Gasteiger partial charge is 0.0453 e. The summed E-state index contributed by atoms with van der Waals surface area (Å²) in [5.41, 5.74) is 2.80. The highest BCUT2D eigenvalue weighted by atomic mass is 127. The number of hydrogen-bond acceptors (Lipinski definition) is 1. The molecule has 14 heavy (non-hydrogen) atoms. The molecule has 0 bridgehead atoms. The van der Waals surface area contributed by atoms with E-state index in [1.807, 2.05) is 0 Å². The highest BCUT2D eigenvalue weighted by Gasteiger charge is 2.11. The molecule has 0 saturated carbocycles. The summed E-state index contributed by atoms with van der Waals surface area (Å²) in [5.74, 6) is 0. The fraction of sp³-hybridized carbons (Fsp3) is 0.167. The van der Waals surface area contributed by atoms with Gasteiger partial charge in [-0.25, -0.2) is 0 Å². The van der Waals surface area contributed by atoms with Crippen molar-refractivity contribution in [2.24, 2.45) is 0 Å². The average Bonchev–Trinajstić information content (AvgIpc) is 2.65. The minimum absolute atomic E-state index is 0. The Balaban J connectivity index is 0.000000750. The Labute approximate surface area is 101 Å². The van der Waals surface area contributed by atoms with Gasteiger partial charge in [0.1, 0.15) is 0 Å². The van der Waals surface area contributed by atoms with Crippen LogP contribution in [-0.2, 0) is 6.42 Å². The first-order chi connectivity index (χ1) is 6.45. The molecule has 2 aromatic rings. The third-order valence-corrected chi connectivity index (χ3v) is 2.71. The van der Waals surface area contributed by atoms with Gasteiger partial charge in [0.05, 0.1) is 0 Å². The topological polar surface area (TPSA) is 12.0 Å². The van der Waals surface area contributed by atoms with Crippen molar-refractivity contribution in [3.8, 4) is 0 Å². The fourth-order valence-electron chi connectivity index (χ4n) is 2.06. The zero-order chi connectivity index (χ0) is 8.67.